The number of hydrogen-bond donors (Lipinski definition) is 1. The number of halogens is 1. The number of amides is 1. The minimum atomic E-state index is -0.714. The lowest BCUT2D eigenvalue weighted by Gasteiger charge is -2.11. The smallest absolute Gasteiger partial charge is 0.354 e. The summed E-state index contributed by atoms with van der Waals surface area (Å²) in [5.74, 6) is -1.61. The van der Waals surface area contributed by atoms with Gasteiger partial charge in [0.25, 0.3) is 0 Å². The number of carbonyl (C=O) groups is 3. The number of benzene rings is 1. The number of ether oxygens (including phenoxy) is 1. The Morgan fingerprint density at radius 1 is 1.21 bits per heavy atom. The number of hydrazone groups is 1. The van der Waals surface area contributed by atoms with Crippen molar-refractivity contribution in [1.82, 2.24) is 9.99 Å². The van der Waals surface area contributed by atoms with E-state index in [1.165, 1.54) is 12.1 Å². The summed E-state index contributed by atoms with van der Waals surface area (Å²) in [6, 6.07) is 7.92. The second kappa shape index (κ2) is 8.16. The van der Waals surface area contributed by atoms with Crippen molar-refractivity contribution in [2.24, 2.45) is 5.10 Å². The molecule has 1 aliphatic heterocycles. The maximum Gasteiger partial charge on any atom is 0.354 e. The highest BCUT2D eigenvalue weighted by molar-refractivity contribution is 6.37. The summed E-state index contributed by atoms with van der Waals surface area (Å²) in [4.78, 5) is 35.5. The van der Waals surface area contributed by atoms with Crippen LogP contribution in [0.3, 0.4) is 0 Å². The third-order valence-corrected chi connectivity index (χ3v) is 4.60. The maximum absolute atomic E-state index is 13.1. The first-order chi connectivity index (χ1) is 13.3. The lowest BCUT2D eigenvalue weighted by molar-refractivity contribution is -0.134. The van der Waals surface area contributed by atoms with E-state index in [4.69, 9.17) is 4.74 Å². The molecule has 0 fully saturated rings. The monoisotopic (exact) mass is 385 g/mol. The van der Waals surface area contributed by atoms with Crippen LogP contribution in [-0.4, -0.2) is 34.5 Å². The molecule has 1 N–H and O–H groups in total. The van der Waals surface area contributed by atoms with E-state index in [1.807, 2.05) is 18.4 Å². The van der Waals surface area contributed by atoms with Gasteiger partial charge in [0.1, 0.15) is 11.5 Å². The number of nitrogens with zero attached hydrogens (tertiary/aromatic N) is 2. The van der Waals surface area contributed by atoms with Gasteiger partial charge in [0.2, 0.25) is 11.7 Å². The molecule has 0 spiro atoms. The second-order valence-electron chi connectivity index (χ2n) is 6.59. The molecule has 1 aliphatic rings. The van der Waals surface area contributed by atoms with Crippen LogP contribution in [-0.2, 0) is 20.9 Å². The van der Waals surface area contributed by atoms with Gasteiger partial charge < -0.3 is 9.30 Å². The minimum Gasteiger partial charge on any atom is -0.453 e. The van der Waals surface area contributed by atoms with Gasteiger partial charge in [0.15, 0.2) is 6.61 Å². The fraction of sp³-hybridized carbons (Fsp3) is 0.300. The zero-order valence-electron chi connectivity index (χ0n) is 15.6. The third-order valence-electron chi connectivity index (χ3n) is 4.60. The van der Waals surface area contributed by atoms with Crippen molar-refractivity contribution in [2.75, 3.05) is 6.61 Å². The molecule has 0 radical (unpaired) electrons. The molecule has 146 valence electrons. The fourth-order valence-electron chi connectivity index (χ4n) is 3.01. The van der Waals surface area contributed by atoms with E-state index < -0.39 is 12.6 Å². The number of Topliss-reactive ketones (excluding diaryl/α,β-unsaturated/α-hetero) is 1. The molecular formula is C20H20FN3O4. The second-order valence-corrected chi connectivity index (χ2v) is 6.59. The normalized spacial score (nSPS) is 13.7. The van der Waals surface area contributed by atoms with Gasteiger partial charge in [-0.3, -0.25) is 9.59 Å². The summed E-state index contributed by atoms with van der Waals surface area (Å²) in [6.07, 6.45) is 0.345. The Labute approximate surface area is 161 Å². The van der Waals surface area contributed by atoms with Crippen molar-refractivity contribution in [3.8, 4) is 0 Å². The largest absolute Gasteiger partial charge is 0.453 e. The standard InChI is InChI=1S/C20H20FN3O4/c1-12-9-16(13(2)24(12)10-14-3-5-15(21)6-4-14)18(25)11-28-20(27)17-7-8-19(26)23-22-17/h3-6,9H,7-8,10-11H2,1-2H3,(H,23,26). The van der Waals surface area contributed by atoms with Crippen LogP contribution in [0.5, 0.6) is 0 Å². The number of carbonyl (C=O) groups excluding carboxylic acids is 3. The predicted octanol–water partition coefficient (Wildman–Crippen LogP) is 2.28. The molecule has 2 heterocycles. The molecule has 3 rings (SSSR count). The third kappa shape index (κ3) is 4.33. The molecule has 7 nitrogen and oxygen atoms in total. The Kier molecular flexibility index (Phi) is 5.67. The van der Waals surface area contributed by atoms with Crippen LogP contribution in [0.2, 0.25) is 0 Å². The number of aryl methyl sites for hydroxylation is 1. The molecule has 0 aliphatic carbocycles. The van der Waals surface area contributed by atoms with Gasteiger partial charge in [0, 0.05) is 36.3 Å². The SMILES string of the molecule is Cc1cc(C(=O)COC(=O)C2=NNC(=O)CC2)c(C)n1Cc1ccc(F)cc1. The first kappa shape index (κ1) is 19.5. The van der Waals surface area contributed by atoms with Crippen LogP contribution in [0.25, 0.3) is 0 Å². The van der Waals surface area contributed by atoms with Gasteiger partial charge in [-0.1, -0.05) is 12.1 Å². The number of aromatic nitrogens is 1. The highest BCUT2D eigenvalue weighted by Gasteiger charge is 2.22. The van der Waals surface area contributed by atoms with Crippen LogP contribution in [0.1, 0.15) is 40.2 Å². The Bertz CT molecular complexity index is 961. The van der Waals surface area contributed by atoms with E-state index in [1.54, 1.807) is 18.2 Å². The molecule has 28 heavy (non-hydrogen) atoms. The van der Waals surface area contributed by atoms with Crippen LogP contribution in [0.15, 0.2) is 35.4 Å². The van der Waals surface area contributed by atoms with E-state index in [9.17, 15) is 18.8 Å². The van der Waals surface area contributed by atoms with Crippen LogP contribution < -0.4 is 5.43 Å². The van der Waals surface area contributed by atoms with Crippen LogP contribution >= 0.6 is 0 Å². The number of hydrogen-bond acceptors (Lipinski definition) is 5. The summed E-state index contributed by atoms with van der Waals surface area (Å²) in [7, 11) is 0. The highest BCUT2D eigenvalue weighted by atomic mass is 19.1. The number of esters is 1. The van der Waals surface area contributed by atoms with Crippen LogP contribution in [0, 0.1) is 19.7 Å². The summed E-state index contributed by atoms with van der Waals surface area (Å²) in [6.45, 7) is 3.78. The van der Waals surface area contributed by atoms with Crippen molar-refractivity contribution in [2.45, 2.75) is 33.2 Å². The Balaban J connectivity index is 1.66. The number of rotatable bonds is 6. The van der Waals surface area contributed by atoms with Crippen LogP contribution in [0.4, 0.5) is 4.39 Å². The molecule has 0 saturated heterocycles. The van der Waals surface area contributed by atoms with E-state index in [-0.39, 0.29) is 36.1 Å². The zero-order chi connectivity index (χ0) is 20.3. The van der Waals surface area contributed by atoms with E-state index in [2.05, 4.69) is 10.5 Å². The Morgan fingerprint density at radius 3 is 2.57 bits per heavy atom. The summed E-state index contributed by atoms with van der Waals surface area (Å²) < 4.78 is 20.1. The zero-order valence-corrected chi connectivity index (χ0v) is 15.6. The quantitative estimate of drug-likeness (QED) is 0.610. The summed E-state index contributed by atoms with van der Waals surface area (Å²) in [5.41, 5.74) is 5.29. The fourth-order valence-corrected chi connectivity index (χ4v) is 3.01. The highest BCUT2D eigenvalue weighted by Crippen LogP contribution is 2.18. The number of ketones is 1. The Hall–Kier alpha value is -3.29. The van der Waals surface area contributed by atoms with Crippen molar-refractivity contribution in [3.63, 3.8) is 0 Å². The van der Waals surface area contributed by atoms with Crippen molar-refractivity contribution >= 4 is 23.4 Å². The molecule has 0 bridgehead atoms. The molecule has 1 amide bonds. The van der Waals surface area contributed by atoms with Gasteiger partial charge in [0.05, 0.1) is 0 Å². The average Bonchev–Trinajstić information content (AvgIpc) is 2.96. The first-order valence-electron chi connectivity index (χ1n) is 8.82. The van der Waals surface area contributed by atoms with Gasteiger partial charge in [-0.05, 0) is 37.6 Å². The molecular weight excluding hydrogens is 365 g/mol. The lowest BCUT2D eigenvalue weighted by atomic mass is 10.1. The van der Waals surface area contributed by atoms with Gasteiger partial charge in [-0.2, -0.15) is 5.10 Å². The Morgan fingerprint density at radius 2 is 1.93 bits per heavy atom. The summed E-state index contributed by atoms with van der Waals surface area (Å²) >= 11 is 0. The molecule has 0 saturated carbocycles. The van der Waals surface area contributed by atoms with Crippen molar-refractivity contribution in [3.05, 3.63) is 58.7 Å². The van der Waals surface area contributed by atoms with Crippen molar-refractivity contribution < 1.29 is 23.5 Å². The maximum atomic E-state index is 13.1. The van der Waals surface area contributed by atoms with Crippen molar-refractivity contribution in [1.29, 1.82) is 0 Å². The molecule has 1 aromatic carbocycles. The molecule has 0 atom stereocenters. The van der Waals surface area contributed by atoms with E-state index in [0.717, 1.165) is 17.0 Å². The van der Waals surface area contributed by atoms with E-state index in [0.29, 0.717) is 12.1 Å². The summed E-state index contributed by atoms with van der Waals surface area (Å²) in [5, 5.41) is 3.65. The molecule has 2 aromatic rings. The lowest BCUT2D eigenvalue weighted by Crippen LogP contribution is -2.31. The minimum absolute atomic E-state index is 0.0918. The van der Waals surface area contributed by atoms with Gasteiger partial charge in [-0.15, -0.1) is 0 Å². The topological polar surface area (TPSA) is 89.8 Å². The predicted molar refractivity (Wildman–Crippen MR) is 99.5 cm³/mol. The van der Waals surface area contributed by atoms with Gasteiger partial charge in [-0.25, -0.2) is 14.6 Å². The first-order valence-corrected chi connectivity index (χ1v) is 8.82. The molecule has 0 unspecified atom stereocenters. The number of nitrogens with one attached hydrogen (secondary N) is 1. The molecule has 1 aromatic heterocycles. The van der Waals surface area contributed by atoms with E-state index >= 15 is 0 Å². The average molecular weight is 385 g/mol. The van der Waals surface area contributed by atoms with Gasteiger partial charge >= 0.3 is 5.97 Å². The molecule has 8 heteroatoms.